The Morgan fingerprint density at radius 3 is 2.65 bits per heavy atom. The SMILES string of the molecule is Cc1ccc(SC(=Nc2ccc(F)c(Cl)c2)N(CCC2C=CC(Cl)=CC2)Cc2cccc(O)c2)c(C)c1. The Morgan fingerprint density at radius 2 is 1.95 bits per heavy atom. The minimum Gasteiger partial charge on any atom is -0.508 e. The highest BCUT2D eigenvalue weighted by Gasteiger charge is 2.19. The van der Waals surface area contributed by atoms with Gasteiger partial charge in [0.25, 0.3) is 0 Å². The molecule has 1 N–H and O–H groups in total. The number of amidine groups is 1. The first kappa shape index (κ1) is 27.3. The van der Waals surface area contributed by atoms with Crippen molar-refractivity contribution in [3.63, 3.8) is 0 Å². The summed E-state index contributed by atoms with van der Waals surface area (Å²) in [6.07, 6.45) is 7.94. The van der Waals surface area contributed by atoms with Gasteiger partial charge in [0.05, 0.1) is 10.7 Å². The van der Waals surface area contributed by atoms with E-state index in [2.05, 4.69) is 43.0 Å². The third-order valence-corrected chi connectivity index (χ3v) is 7.91. The van der Waals surface area contributed by atoms with Crippen LogP contribution in [0.2, 0.25) is 5.02 Å². The molecule has 4 rings (SSSR count). The second-order valence-electron chi connectivity index (χ2n) is 9.19. The molecule has 0 radical (unpaired) electrons. The molecular weight excluding hydrogens is 526 g/mol. The minimum atomic E-state index is -0.475. The van der Waals surface area contributed by atoms with Crippen molar-refractivity contribution < 1.29 is 9.50 Å². The van der Waals surface area contributed by atoms with Gasteiger partial charge in [-0.2, -0.15) is 0 Å². The van der Waals surface area contributed by atoms with E-state index in [1.54, 1.807) is 36.0 Å². The van der Waals surface area contributed by atoms with Crippen LogP contribution in [0.15, 0.2) is 93.8 Å². The van der Waals surface area contributed by atoms with E-state index in [0.717, 1.165) is 45.6 Å². The molecule has 0 saturated heterocycles. The van der Waals surface area contributed by atoms with Gasteiger partial charge in [-0.3, -0.25) is 0 Å². The molecule has 0 aromatic heterocycles. The number of aromatic hydroxyl groups is 1. The van der Waals surface area contributed by atoms with E-state index in [4.69, 9.17) is 28.2 Å². The minimum absolute atomic E-state index is 0.0349. The first-order valence-corrected chi connectivity index (χ1v) is 13.7. The normalized spacial score (nSPS) is 15.5. The summed E-state index contributed by atoms with van der Waals surface area (Å²) in [7, 11) is 0. The van der Waals surface area contributed by atoms with Crippen molar-refractivity contribution in [3.05, 3.63) is 111 Å². The molecule has 0 bridgehead atoms. The van der Waals surface area contributed by atoms with Crippen LogP contribution < -0.4 is 0 Å². The van der Waals surface area contributed by atoms with Crippen molar-refractivity contribution in [2.24, 2.45) is 10.9 Å². The molecule has 1 unspecified atom stereocenters. The zero-order valence-electron chi connectivity index (χ0n) is 20.8. The van der Waals surface area contributed by atoms with Gasteiger partial charge in [-0.05, 0) is 86.2 Å². The molecule has 3 nitrogen and oxygen atoms in total. The molecule has 3 aromatic carbocycles. The van der Waals surface area contributed by atoms with Crippen LogP contribution in [0, 0.1) is 25.6 Å². The second-order valence-corrected chi connectivity index (χ2v) is 11.0. The van der Waals surface area contributed by atoms with Gasteiger partial charge in [-0.25, -0.2) is 9.38 Å². The number of aliphatic imine (C=N–C) groups is 1. The Hall–Kier alpha value is -2.73. The van der Waals surface area contributed by atoms with Crippen LogP contribution in [0.3, 0.4) is 0 Å². The van der Waals surface area contributed by atoms with Crippen molar-refractivity contribution >= 4 is 45.8 Å². The summed E-state index contributed by atoms with van der Waals surface area (Å²) in [5.41, 5.74) is 3.89. The lowest BCUT2D eigenvalue weighted by molar-refractivity contribution is 0.382. The van der Waals surface area contributed by atoms with Crippen LogP contribution in [0.25, 0.3) is 0 Å². The number of halogens is 3. The van der Waals surface area contributed by atoms with Gasteiger partial charge >= 0.3 is 0 Å². The van der Waals surface area contributed by atoms with Crippen molar-refractivity contribution in [2.75, 3.05) is 6.54 Å². The number of nitrogens with zero attached hydrogens (tertiary/aromatic N) is 2. The van der Waals surface area contributed by atoms with Crippen LogP contribution in [0.1, 0.15) is 29.5 Å². The number of benzene rings is 3. The van der Waals surface area contributed by atoms with Crippen molar-refractivity contribution in [1.29, 1.82) is 0 Å². The molecule has 0 aliphatic heterocycles. The highest BCUT2D eigenvalue weighted by molar-refractivity contribution is 8.13. The zero-order valence-corrected chi connectivity index (χ0v) is 23.1. The largest absolute Gasteiger partial charge is 0.508 e. The molecule has 0 spiro atoms. The number of hydrogen-bond acceptors (Lipinski definition) is 3. The quantitative estimate of drug-likeness (QED) is 0.179. The number of hydrogen-bond donors (Lipinski definition) is 1. The van der Waals surface area contributed by atoms with Crippen LogP contribution in [0.5, 0.6) is 5.75 Å². The van der Waals surface area contributed by atoms with Gasteiger partial charge in [-0.15, -0.1) is 0 Å². The van der Waals surface area contributed by atoms with Gasteiger partial charge in [0, 0.05) is 23.0 Å². The third-order valence-electron chi connectivity index (χ3n) is 6.13. The van der Waals surface area contributed by atoms with Crippen molar-refractivity contribution in [2.45, 2.75) is 38.1 Å². The fourth-order valence-corrected chi connectivity index (χ4v) is 5.45. The topological polar surface area (TPSA) is 35.8 Å². The maximum atomic E-state index is 13.9. The molecule has 1 aliphatic carbocycles. The number of phenolic OH excluding ortho intramolecular Hbond substituents is 1. The molecule has 0 saturated carbocycles. The van der Waals surface area contributed by atoms with Crippen molar-refractivity contribution in [3.8, 4) is 5.75 Å². The second kappa shape index (κ2) is 12.7. The Labute approximate surface area is 232 Å². The summed E-state index contributed by atoms with van der Waals surface area (Å²) in [6, 6.07) is 18.1. The van der Waals surface area contributed by atoms with Gasteiger partial charge in [0.2, 0.25) is 0 Å². The summed E-state index contributed by atoms with van der Waals surface area (Å²) < 4.78 is 13.9. The molecule has 0 heterocycles. The monoisotopic (exact) mass is 554 g/mol. The summed E-state index contributed by atoms with van der Waals surface area (Å²) in [4.78, 5) is 8.26. The van der Waals surface area contributed by atoms with E-state index >= 15 is 0 Å². The molecule has 7 heteroatoms. The number of rotatable bonds is 7. The highest BCUT2D eigenvalue weighted by atomic mass is 35.5. The van der Waals surface area contributed by atoms with Gasteiger partial charge in [-0.1, -0.05) is 76.9 Å². The summed E-state index contributed by atoms with van der Waals surface area (Å²) >= 11 is 13.8. The Morgan fingerprint density at radius 1 is 1.11 bits per heavy atom. The maximum Gasteiger partial charge on any atom is 0.169 e. The predicted octanol–water partition coefficient (Wildman–Crippen LogP) is 9.17. The Bertz CT molecular complexity index is 1360. The molecule has 1 aliphatic rings. The highest BCUT2D eigenvalue weighted by Crippen LogP contribution is 2.31. The average molecular weight is 556 g/mol. The molecule has 37 heavy (non-hydrogen) atoms. The molecule has 0 fully saturated rings. The lowest BCUT2D eigenvalue weighted by Gasteiger charge is -2.28. The number of thioether (sulfide) groups is 1. The third kappa shape index (κ3) is 7.88. The molecule has 3 aromatic rings. The van der Waals surface area contributed by atoms with E-state index < -0.39 is 5.82 Å². The Balaban J connectivity index is 1.71. The predicted molar refractivity (Wildman–Crippen MR) is 155 cm³/mol. The number of aryl methyl sites for hydroxylation is 2. The van der Waals surface area contributed by atoms with Gasteiger partial charge in [0.1, 0.15) is 11.6 Å². The van der Waals surface area contributed by atoms with E-state index in [0.29, 0.717) is 18.2 Å². The van der Waals surface area contributed by atoms with Crippen LogP contribution in [0.4, 0.5) is 10.1 Å². The van der Waals surface area contributed by atoms with Crippen LogP contribution >= 0.6 is 35.0 Å². The summed E-state index contributed by atoms with van der Waals surface area (Å²) in [5, 5.41) is 11.7. The van der Waals surface area contributed by atoms with Gasteiger partial charge in [0.15, 0.2) is 5.17 Å². The zero-order chi connectivity index (χ0) is 26.4. The van der Waals surface area contributed by atoms with Crippen molar-refractivity contribution in [1.82, 2.24) is 4.90 Å². The molecule has 0 amide bonds. The number of allylic oxidation sites excluding steroid dienone is 4. The maximum absolute atomic E-state index is 13.9. The fourth-order valence-electron chi connectivity index (χ4n) is 4.13. The van der Waals surface area contributed by atoms with E-state index in [1.807, 2.05) is 24.3 Å². The molecule has 1 atom stereocenters. The smallest absolute Gasteiger partial charge is 0.169 e. The van der Waals surface area contributed by atoms with Gasteiger partial charge < -0.3 is 10.0 Å². The summed E-state index contributed by atoms with van der Waals surface area (Å²) in [5.74, 6) is 0.108. The lowest BCUT2D eigenvalue weighted by Crippen LogP contribution is -2.30. The van der Waals surface area contributed by atoms with E-state index in [-0.39, 0.29) is 10.8 Å². The first-order chi connectivity index (χ1) is 17.8. The van der Waals surface area contributed by atoms with Crippen LogP contribution in [-0.2, 0) is 6.54 Å². The number of phenols is 1. The average Bonchev–Trinajstić information content (AvgIpc) is 2.86. The molecular formula is C30H29Cl2FN2OS. The Kier molecular flexibility index (Phi) is 9.36. The summed E-state index contributed by atoms with van der Waals surface area (Å²) in [6.45, 7) is 5.43. The van der Waals surface area contributed by atoms with E-state index in [9.17, 15) is 9.50 Å². The fraction of sp³-hybridized carbons (Fsp3) is 0.233. The lowest BCUT2D eigenvalue weighted by atomic mass is 9.97. The standard InChI is InChI=1S/C30H29Cl2FN2OS/c1-20-6-13-29(21(2)16-20)37-30(34-25-11-12-28(33)27(32)18-25)35(19-23-4-3-5-26(36)17-23)15-14-22-7-9-24(31)10-8-22/h3-7,9-13,16-18,22,36H,8,14-15,19H2,1-2H3. The molecule has 192 valence electrons. The first-order valence-electron chi connectivity index (χ1n) is 12.1. The van der Waals surface area contributed by atoms with E-state index in [1.165, 1.54) is 11.6 Å². The van der Waals surface area contributed by atoms with Crippen LogP contribution in [-0.4, -0.2) is 21.7 Å².